The van der Waals surface area contributed by atoms with E-state index in [1.54, 1.807) is 19.1 Å². The first-order valence-corrected chi connectivity index (χ1v) is 8.66. The van der Waals surface area contributed by atoms with Crippen molar-refractivity contribution in [2.45, 2.75) is 32.2 Å². The lowest BCUT2D eigenvalue weighted by atomic mass is 10.0. The quantitative estimate of drug-likeness (QED) is 0.851. The van der Waals surface area contributed by atoms with E-state index in [4.69, 9.17) is 16.1 Å². The van der Waals surface area contributed by atoms with Crippen LogP contribution in [-0.4, -0.2) is 40.6 Å². The van der Waals surface area contributed by atoms with Crippen LogP contribution in [-0.2, 0) is 11.2 Å². The van der Waals surface area contributed by atoms with Crippen LogP contribution in [0.3, 0.4) is 0 Å². The molecule has 1 unspecified atom stereocenters. The van der Waals surface area contributed by atoms with Gasteiger partial charge in [0.25, 0.3) is 0 Å². The average Bonchev–Trinajstić information content (AvgIpc) is 3.22. The molecule has 1 N–H and O–H groups in total. The minimum atomic E-state index is -0.354. The zero-order chi connectivity index (χ0) is 17.8. The molecule has 1 fully saturated rings. The van der Waals surface area contributed by atoms with Crippen molar-refractivity contribution < 1.29 is 13.7 Å². The normalized spacial score (nSPS) is 16.1. The Morgan fingerprint density at radius 3 is 2.84 bits per heavy atom. The van der Waals surface area contributed by atoms with E-state index in [-0.39, 0.29) is 30.7 Å². The SMILES string of the molecule is Cc1nc(CC(=O)NCC(c2c(F)cccc2Cl)N2CCCC2)no1. The number of carbonyl (C=O) groups is 1. The molecule has 1 aromatic carbocycles. The Morgan fingerprint density at radius 2 is 2.20 bits per heavy atom. The number of hydrogen-bond donors (Lipinski definition) is 1. The highest BCUT2D eigenvalue weighted by Crippen LogP contribution is 2.31. The molecule has 2 heterocycles. The van der Waals surface area contributed by atoms with Gasteiger partial charge >= 0.3 is 0 Å². The molecule has 0 spiro atoms. The summed E-state index contributed by atoms with van der Waals surface area (Å²) in [6.07, 6.45) is 2.13. The summed E-state index contributed by atoms with van der Waals surface area (Å²) in [7, 11) is 0. The summed E-state index contributed by atoms with van der Waals surface area (Å²) in [5.41, 5.74) is 0.432. The number of halogens is 2. The largest absolute Gasteiger partial charge is 0.354 e. The predicted molar refractivity (Wildman–Crippen MR) is 90.7 cm³/mol. The number of benzene rings is 1. The Labute approximate surface area is 150 Å². The Morgan fingerprint density at radius 1 is 1.44 bits per heavy atom. The number of likely N-dealkylation sites (tertiary alicyclic amines) is 1. The van der Waals surface area contributed by atoms with Crippen molar-refractivity contribution in [2.24, 2.45) is 0 Å². The van der Waals surface area contributed by atoms with E-state index < -0.39 is 0 Å². The topological polar surface area (TPSA) is 71.3 Å². The molecule has 1 amide bonds. The third-order valence-corrected chi connectivity index (χ3v) is 4.62. The standard InChI is InChI=1S/C17H20ClFN4O2/c1-11-21-15(22-25-11)9-16(24)20-10-14(23-7-2-3-8-23)17-12(18)5-4-6-13(17)19/h4-6,14H,2-3,7-10H2,1H3,(H,20,24). The van der Waals surface area contributed by atoms with Gasteiger partial charge < -0.3 is 9.84 Å². The van der Waals surface area contributed by atoms with Crippen LogP contribution in [0.2, 0.25) is 5.02 Å². The first-order chi connectivity index (χ1) is 12.0. The first-order valence-electron chi connectivity index (χ1n) is 8.28. The van der Waals surface area contributed by atoms with Crippen LogP contribution in [0.5, 0.6) is 0 Å². The minimum absolute atomic E-state index is 0.0229. The molecule has 1 atom stereocenters. The molecule has 0 radical (unpaired) electrons. The van der Waals surface area contributed by atoms with E-state index >= 15 is 0 Å². The van der Waals surface area contributed by atoms with Gasteiger partial charge in [0.2, 0.25) is 11.8 Å². The molecular formula is C17H20ClFN4O2. The Bertz CT molecular complexity index is 726. The monoisotopic (exact) mass is 366 g/mol. The van der Waals surface area contributed by atoms with Crippen molar-refractivity contribution in [3.05, 3.63) is 46.3 Å². The highest BCUT2D eigenvalue weighted by atomic mass is 35.5. The molecule has 1 aromatic heterocycles. The van der Waals surface area contributed by atoms with Crippen LogP contribution in [0.25, 0.3) is 0 Å². The molecule has 3 rings (SSSR count). The van der Waals surface area contributed by atoms with Crippen molar-refractivity contribution in [3.63, 3.8) is 0 Å². The summed E-state index contributed by atoms with van der Waals surface area (Å²) in [6, 6.07) is 4.35. The number of carbonyl (C=O) groups excluding carboxylic acids is 1. The van der Waals surface area contributed by atoms with Crippen molar-refractivity contribution in [1.29, 1.82) is 0 Å². The molecule has 8 heteroatoms. The first kappa shape index (κ1) is 17.8. The molecule has 1 aliphatic heterocycles. The summed E-state index contributed by atoms with van der Waals surface area (Å²) >= 11 is 6.24. The molecule has 25 heavy (non-hydrogen) atoms. The van der Waals surface area contributed by atoms with Gasteiger partial charge in [0.1, 0.15) is 5.82 Å². The molecule has 1 saturated heterocycles. The van der Waals surface area contributed by atoms with Gasteiger partial charge in [-0.05, 0) is 38.1 Å². The fourth-order valence-electron chi connectivity index (χ4n) is 3.13. The van der Waals surface area contributed by atoms with Crippen LogP contribution in [0, 0.1) is 12.7 Å². The highest BCUT2D eigenvalue weighted by molar-refractivity contribution is 6.31. The lowest BCUT2D eigenvalue weighted by molar-refractivity contribution is -0.120. The number of hydrogen-bond acceptors (Lipinski definition) is 5. The van der Waals surface area contributed by atoms with E-state index in [2.05, 4.69) is 20.4 Å². The van der Waals surface area contributed by atoms with Gasteiger partial charge in [-0.15, -0.1) is 0 Å². The zero-order valence-electron chi connectivity index (χ0n) is 14.0. The molecule has 134 valence electrons. The smallest absolute Gasteiger partial charge is 0.227 e. The van der Waals surface area contributed by atoms with Crippen molar-refractivity contribution >= 4 is 17.5 Å². The number of amides is 1. The second-order valence-corrected chi connectivity index (χ2v) is 6.51. The van der Waals surface area contributed by atoms with Gasteiger partial charge in [-0.1, -0.05) is 22.8 Å². The molecular weight excluding hydrogens is 347 g/mol. The van der Waals surface area contributed by atoms with Crippen LogP contribution >= 0.6 is 11.6 Å². The summed E-state index contributed by atoms with van der Waals surface area (Å²) in [4.78, 5) is 18.3. The average molecular weight is 367 g/mol. The zero-order valence-corrected chi connectivity index (χ0v) is 14.7. The molecule has 0 saturated carbocycles. The van der Waals surface area contributed by atoms with Crippen LogP contribution in [0.4, 0.5) is 4.39 Å². The second kappa shape index (κ2) is 7.93. The molecule has 2 aromatic rings. The fraction of sp³-hybridized carbons (Fsp3) is 0.471. The Kier molecular flexibility index (Phi) is 5.65. The summed E-state index contributed by atoms with van der Waals surface area (Å²) in [5, 5.41) is 6.93. The molecule has 0 aliphatic carbocycles. The maximum atomic E-state index is 14.4. The van der Waals surface area contributed by atoms with E-state index in [0.29, 0.717) is 22.3 Å². The van der Waals surface area contributed by atoms with Gasteiger partial charge in [-0.3, -0.25) is 9.69 Å². The van der Waals surface area contributed by atoms with E-state index in [1.165, 1.54) is 6.07 Å². The second-order valence-electron chi connectivity index (χ2n) is 6.10. The number of nitrogens with one attached hydrogen (secondary N) is 1. The van der Waals surface area contributed by atoms with E-state index in [9.17, 15) is 9.18 Å². The summed E-state index contributed by atoms with van der Waals surface area (Å²) < 4.78 is 19.2. The van der Waals surface area contributed by atoms with Gasteiger partial charge in [0, 0.05) is 24.1 Å². The number of rotatable bonds is 6. The van der Waals surface area contributed by atoms with E-state index in [1.807, 2.05) is 0 Å². The minimum Gasteiger partial charge on any atom is -0.354 e. The maximum Gasteiger partial charge on any atom is 0.227 e. The highest BCUT2D eigenvalue weighted by Gasteiger charge is 2.28. The van der Waals surface area contributed by atoms with Crippen LogP contribution in [0.15, 0.2) is 22.7 Å². The number of nitrogens with zero attached hydrogens (tertiary/aromatic N) is 3. The Hall–Kier alpha value is -1.99. The maximum absolute atomic E-state index is 14.4. The van der Waals surface area contributed by atoms with E-state index in [0.717, 1.165) is 25.9 Å². The molecule has 1 aliphatic rings. The number of aryl methyl sites for hydroxylation is 1. The number of aromatic nitrogens is 2. The van der Waals surface area contributed by atoms with Gasteiger partial charge in [0.05, 0.1) is 12.5 Å². The molecule has 0 bridgehead atoms. The summed E-state index contributed by atoms with van der Waals surface area (Å²) in [5.74, 6) is 0.150. The third-order valence-electron chi connectivity index (χ3n) is 4.30. The lowest BCUT2D eigenvalue weighted by Gasteiger charge is -2.29. The van der Waals surface area contributed by atoms with Crippen molar-refractivity contribution in [3.8, 4) is 0 Å². The predicted octanol–water partition coefficient (Wildman–Crippen LogP) is 2.67. The van der Waals surface area contributed by atoms with Gasteiger partial charge in [0.15, 0.2) is 5.82 Å². The summed E-state index contributed by atoms with van der Waals surface area (Å²) in [6.45, 7) is 3.65. The van der Waals surface area contributed by atoms with Gasteiger partial charge in [-0.2, -0.15) is 4.98 Å². The van der Waals surface area contributed by atoms with Crippen LogP contribution < -0.4 is 5.32 Å². The van der Waals surface area contributed by atoms with Crippen LogP contribution in [0.1, 0.15) is 36.2 Å². The van der Waals surface area contributed by atoms with Crippen molar-refractivity contribution in [2.75, 3.05) is 19.6 Å². The van der Waals surface area contributed by atoms with Gasteiger partial charge in [-0.25, -0.2) is 4.39 Å². The Balaban J connectivity index is 1.71. The lowest BCUT2D eigenvalue weighted by Crippen LogP contribution is -2.38. The third kappa shape index (κ3) is 4.35. The van der Waals surface area contributed by atoms with Crippen molar-refractivity contribution in [1.82, 2.24) is 20.4 Å². The fourth-order valence-corrected chi connectivity index (χ4v) is 3.41. The molecule has 6 nitrogen and oxygen atoms in total.